The van der Waals surface area contributed by atoms with Crippen LogP contribution in [0, 0.1) is 0 Å². The molecular formula is C15H22N2O2. The third-order valence-electron chi connectivity index (χ3n) is 3.10. The molecule has 1 aromatic rings. The van der Waals surface area contributed by atoms with Gasteiger partial charge in [0, 0.05) is 18.3 Å². The van der Waals surface area contributed by atoms with Crippen LogP contribution in [0.1, 0.15) is 32.3 Å². The van der Waals surface area contributed by atoms with E-state index in [1.54, 1.807) is 0 Å². The van der Waals surface area contributed by atoms with E-state index >= 15 is 0 Å². The molecule has 1 saturated carbocycles. The maximum absolute atomic E-state index is 11.8. The number of esters is 1. The molecule has 104 valence electrons. The zero-order valence-corrected chi connectivity index (χ0v) is 11.6. The smallest absolute Gasteiger partial charge is 0.320 e. The Balaban J connectivity index is 1.95. The number of nitrogen functional groups attached to an aromatic ring is 1. The Hall–Kier alpha value is -1.55. The first-order chi connectivity index (χ1) is 9.04. The van der Waals surface area contributed by atoms with Crippen molar-refractivity contribution in [2.24, 2.45) is 0 Å². The fraction of sp³-hybridized carbons (Fsp3) is 0.533. The van der Waals surface area contributed by atoms with Gasteiger partial charge in [0.25, 0.3) is 0 Å². The molecule has 2 rings (SSSR count). The Morgan fingerprint density at radius 2 is 2.21 bits per heavy atom. The highest BCUT2D eigenvalue weighted by atomic mass is 16.5. The van der Waals surface area contributed by atoms with E-state index in [1.807, 2.05) is 38.1 Å². The van der Waals surface area contributed by atoms with Gasteiger partial charge in [-0.15, -0.1) is 0 Å². The normalized spacial score (nSPS) is 14.9. The first kappa shape index (κ1) is 13.9. The van der Waals surface area contributed by atoms with Crippen molar-refractivity contribution in [2.75, 3.05) is 12.3 Å². The van der Waals surface area contributed by atoms with Gasteiger partial charge < -0.3 is 10.5 Å². The number of anilines is 1. The van der Waals surface area contributed by atoms with Gasteiger partial charge >= 0.3 is 5.97 Å². The lowest BCUT2D eigenvalue weighted by Gasteiger charge is -2.21. The van der Waals surface area contributed by atoms with Crippen molar-refractivity contribution in [3.8, 4) is 0 Å². The standard InChI is InChI=1S/C15H22N2O2/c1-11(2)19-15(18)10-17(14-6-7-14)9-12-4-3-5-13(16)8-12/h3-5,8,11,14H,6-7,9-10,16H2,1-2H3. The van der Waals surface area contributed by atoms with Gasteiger partial charge in [0.05, 0.1) is 12.6 Å². The van der Waals surface area contributed by atoms with Crippen molar-refractivity contribution in [1.82, 2.24) is 4.90 Å². The predicted octanol–water partition coefficient (Wildman–Crippen LogP) is 2.18. The lowest BCUT2D eigenvalue weighted by Crippen LogP contribution is -2.33. The average Bonchev–Trinajstić information content (AvgIpc) is 3.10. The lowest BCUT2D eigenvalue weighted by molar-refractivity contribution is -0.149. The maximum Gasteiger partial charge on any atom is 0.320 e. The summed E-state index contributed by atoms with van der Waals surface area (Å²) in [6.07, 6.45) is 2.27. The Kier molecular flexibility index (Phi) is 4.43. The van der Waals surface area contributed by atoms with Gasteiger partial charge in [-0.05, 0) is 44.4 Å². The molecule has 0 saturated heterocycles. The maximum atomic E-state index is 11.8. The molecule has 0 bridgehead atoms. The number of hydrogen-bond donors (Lipinski definition) is 1. The molecule has 1 aliphatic carbocycles. The molecule has 0 spiro atoms. The quantitative estimate of drug-likeness (QED) is 0.630. The van der Waals surface area contributed by atoms with E-state index in [0.29, 0.717) is 12.6 Å². The van der Waals surface area contributed by atoms with E-state index in [9.17, 15) is 4.79 Å². The molecular weight excluding hydrogens is 240 g/mol. The second-order valence-corrected chi connectivity index (χ2v) is 5.42. The third kappa shape index (κ3) is 4.56. The number of nitrogens with zero attached hydrogens (tertiary/aromatic N) is 1. The van der Waals surface area contributed by atoms with Crippen LogP contribution in [0.2, 0.25) is 0 Å². The average molecular weight is 262 g/mol. The number of rotatable bonds is 6. The van der Waals surface area contributed by atoms with Gasteiger partial charge in [0.1, 0.15) is 0 Å². The number of ether oxygens (including phenoxy) is 1. The van der Waals surface area contributed by atoms with Gasteiger partial charge in [0.2, 0.25) is 0 Å². The minimum Gasteiger partial charge on any atom is -0.462 e. The van der Waals surface area contributed by atoms with E-state index in [2.05, 4.69) is 4.90 Å². The van der Waals surface area contributed by atoms with Crippen LogP contribution in [-0.2, 0) is 16.1 Å². The Morgan fingerprint density at radius 1 is 1.47 bits per heavy atom. The third-order valence-corrected chi connectivity index (χ3v) is 3.10. The molecule has 0 heterocycles. The van der Waals surface area contributed by atoms with Crippen molar-refractivity contribution >= 4 is 11.7 Å². The van der Waals surface area contributed by atoms with Crippen molar-refractivity contribution in [1.29, 1.82) is 0 Å². The number of carbonyl (C=O) groups is 1. The molecule has 0 radical (unpaired) electrons. The second-order valence-electron chi connectivity index (χ2n) is 5.42. The van der Waals surface area contributed by atoms with Crippen molar-refractivity contribution < 1.29 is 9.53 Å². The zero-order chi connectivity index (χ0) is 13.8. The largest absolute Gasteiger partial charge is 0.462 e. The molecule has 4 nitrogen and oxygen atoms in total. The highest BCUT2D eigenvalue weighted by molar-refractivity contribution is 5.72. The first-order valence-electron chi connectivity index (χ1n) is 6.82. The second kappa shape index (κ2) is 6.06. The summed E-state index contributed by atoms with van der Waals surface area (Å²) in [5, 5.41) is 0. The van der Waals surface area contributed by atoms with Crippen LogP contribution in [0.3, 0.4) is 0 Å². The molecule has 0 atom stereocenters. The summed E-state index contributed by atoms with van der Waals surface area (Å²) in [4.78, 5) is 13.9. The molecule has 4 heteroatoms. The summed E-state index contributed by atoms with van der Waals surface area (Å²) in [5.41, 5.74) is 7.69. The van der Waals surface area contributed by atoms with E-state index in [-0.39, 0.29) is 12.1 Å². The van der Waals surface area contributed by atoms with E-state index in [0.717, 1.165) is 30.6 Å². The van der Waals surface area contributed by atoms with Crippen molar-refractivity contribution in [2.45, 2.75) is 45.4 Å². The van der Waals surface area contributed by atoms with E-state index < -0.39 is 0 Å². The van der Waals surface area contributed by atoms with Crippen LogP contribution in [0.25, 0.3) is 0 Å². The van der Waals surface area contributed by atoms with E-state index in [4.69, 9.17) is 10.5 Å². The molecule has 0 aromatic heterocycles. The van der Waals surface area contributed by atoms with Crippen molar-refractivity contribution in [3.05, 3.63) is 29.8 Å². The Morgan fingerprint density at radius 3 is 2.79 bits per heavy atom. The van der Waals surface area contributed by atoms with Crippen LogP contribution in [0.4, 0.5) is 5.69 Å². The molecule has 0 amide bonds. The SMILES string of the molecule is CC(C)OC(=O)CN(Cc1cccc(N)c1)C1CC1. The zero-order valence-electron chi connectivity index (χ0n) is 11.6. The summed E-state index contributed by atoms with van der Waals surface area (Å²) in [7, 11) is 0. The Labute approximate surface area is 114 Å². The molecule has 0 unspecified atom stereocenters. The number of hydrogen-bond acceptors (Lipinski definition) is 4. The number of nitrogens with two attached hydrogens (primary N) is 1. The monoisotopic (exact) mass is 262 g/mol. The van der Waals surface area contributed by atoms with Crippen molar-refractivity contribution in [3.63, 3.8) is 0 Å². The summed E-state index contributed by atoms with van der Waals surface area (Å²) in [6, 6.07) is 8.34. The molecule has 1 aromatic carbocycles. The predicted molar refractivity (Wildman–Crippen MR) is 75.5 cm³/mol. The Bertz CT molecular complexity index is 442. The van der Waals surface area contributed by atoms with Gasteiger partial charge in [0.15, 0.2) is 0 Å². The van der Waals surface area contributed by atoms with Crippen LogP contribution < -0.4 is 5.73 Å². The summed E-state index contributed by atoms with van der Waals surface area (Å²) in [5.74, 6) is -0.147. The van der Waals surface area contributed by atoms with Gasteiger partial charge in [-0.1, -0.05) is 12.1 Å². The van der Waals surface area contributed by atoms with Crippen LogP contribution >= 0.6 is 0 Å². The first-order valence-corrected chi connectivity index (χ1v) is 6.82. The topological polar surface area (TPSA) is 55.6 Å². The summed E-state index contributed by atoms with van der Waals surface area (Å²) >= 11 is 0. The fourth-order valence-corrected chi connectivity index (χ4v) is 2.15. The highest BCUT2D eigenvalue weighted by Crippen LogP contribution is 2.28. The minimum absolute atomic E-state index is 0.0547. The molecule has 2 N–H and O–H groups in total. The van der Waals surface area contributed by atoms with Gasteiger partial charge in [-0.3, -0.25) is 9.69 Å². The highest BCUT2D eigenvalue weighted by Gasteiger charge is 2.30. The van der Waals surface area contributed by atoms with Crippen LogP contribution in [0.5, 0.6) is 0 Å². The molecule has 0 aliphatic heterocycles. The fourth-order valence-electron chi connectivity index (χ4n) is 2.15. The van der Waals surface area contributed by atoms with Crippen LogP contribution in [-0.4, -0.2) is 29.6 Å². The minimum atomic E-state index is -0.147. The molecule has 19 heavy (non-hydrogen) atoms. The summed E-state index contributed by atoms with van der Waals surface area (Å²) < 4.78 is 5.21. The van der Waals surface area contributed by atoms with E-state index in [1.165, 1.54) is 0 Å². The number of carbonyl (C=O) groups excluding carboxylic acids is 1. The molecule has 1 aliphatic rings. The number of benzene rings is 1. The van der Waals surface area contributed by atoms with Gasteiger partial charge in [-0.25, -0.2) is 0 Å². The summed E-state index contributed by atoms with van der Waals surface area (Å²) in [6.45, 7) is 4.86. The van der Waals surface area contributed by atoms with Gasteiger partial charge in [-0.2, -0.15) is 0 Å². The molecule has 1 fully saturated rings. The van der Waals surface area contributed by atoms with Crippen LogP contribution in [0.15, 0.2) is 24.3 Å². The lowest BCUT2D eigenvalue weighted by atomic mass is 10.2.